The molecule has 1 aromatic carbocycles. The first-order valence-electron chi connectivity index (χ1n) is 8.20. The lowest BCUT2D eigenvalue weighted by molar-refractivity contribution is 0.209. The van der Waals surface area contributed by atoms with Gasteiger partial charge in [0.05, 0.1) is 6.61 Å². The summed E-state index contributed by atoms with van der Waals surface area (Å²) in [6.07, 6.45) is 1.18. The Morgan fingerprint density at radius 1 is 1.19 bits per heavy atom. The Morgan fingerprint density at radius 3 is 2.43 bits per heavy atom. The van der Waals surface area contributed by atoms with Crippen LogP contribution in [0.2, 0.25) is 0 Å². The van der Waals surface area contributed by atoms with E-state index in [-0.39, 0.29) is 0 Å². The summed E-state index contributed by atoms with van der Waals surface area (Å²) in [6, 6.07) is 7.47. The highest BCUT2D eigenvalue weighted by Gasteiger charge is 2.14. The van der Waals surface area contributed by atoms with Crippen LogP contribution >= 0.6 is 0 Å². The van der Waals surface area contributed by atoms with Gasteiger partial charge in [-0.05, 0) is 65.4 Å². The summed E-state index contributed by atoms with van der Waals surface area (Å²) in [6.45, 7) is 13.8. The van der Waals surface area contributed by atoms with E-state index in [0.29, 0.717) is 18.7 Å². The third-order valence-electron chi connectivity index (χ3n) is 3.93. The summed E-state index contributed by atoms with van der Waals surface area (Å²) in [5, 5.41) is 3.31. The van der Waals surface area contributed by atoms with Gasteiger partial charge in [-0.3, -0.25) is 4.90 Å². The van der Waals surface area contributed by atoms with Crippen molar-refractivity contribution in [3.8, 4) is 5.75 Å². The smallest absolute Gasteiger partial charge is 0.123 e. The molecule has 0 saturated carbocycles. The molecule has 1 N–H and O–H groups in total. The monoisotopic (exact) mass is 292 g/mol. The summed E-state index contributed by atoms with van der Waals surface area (Å²) < 4.78 is 5.82. The zero-order valence-electron chi connectivity index (χ0n) is 14.6. The zero-order valence-corrected chi connectivity index (χ0v) is 14.6. The molecule has 0 aliphatic heterocycles. The number of ether oxygens (including phenoxy) is 1. The highest BCUT2D eigenvalue weighted by atomic mass is 16.5. The van der Waals surface area contributed by atoms with E-state index in [4.69, 9.17) is 4.74 Å². The van der Waals surface area contributed by atoms with Crippen LogP contribution in [0.3, 0.4) is 0 Å². The number of rotatable bonds is 9. The largest absolute Gasteiger partial charge is 0.494 e. The lowest BCUT2D eigenvalue weighted by atomic mass is 10.0. The molecule has 1 atom stereocenters. The lowest BCUT2D eigenvalue weighted by Gasteiger charge is -2.27. The Labute approximate surface area is 130 Å². The van der Waals surface area contributed by atoms with Crippen LogP contribution in [0.5, 0.6) is 5.75 Å². The van der Waals surface area contributed by atoms with Gasteiger partial charge in [-0.1, -0.05) is 13.0 Å². The first-order chi connectivity index (χ1) is 10.0. The lowest BCUT2D eigenvalue weighted by Crippen LogP contribution is -2.31. The predicted octanol–water partition coefficient (Wildman–Crippen LogP) is 3.99. The number of benzene rings is 1. The molecule has 0 heterocycles. The second kappa shape index (κ2) is 9.06. The molecule has 0 aliphatic rings. The molecule has 0 amide bonds. The van der Waals surface area contributed by atoms with Crippen LogP contribution in [0.15, 0.2) is 18.2 Å². The normalized spacial score (nSPS) is 13.0. The van der Waals surface area contributed by atoms with E-state index in [1.165, 1.54) is 17.5 Å². The molecule has 1 rings (SSSR count). The van der Waals surface area contributed by atoms with Gasteiger partial charge < -0.3 is 10.1 Å². The minimum atomic E-state index is 0.359. The van der Waals surface area contributed by atoms with Crippen LogP contribution in [0.1, 0.15) is 58.2 Å². The fraction of sp³-hybridized carbons (Fsp3) is 0.667. The second-order valence-electron chi connectivity index (χ2n) is 5.87. The van der Waals surface area contributed by atoms with E-state index in [1.807, 2.05) is 14.0 Å². The van der Waals surface area contributed by atoms with Crippen molar-refractivity contribution in [3.05, 3.63) is 29.3 Å². The van der Waals surface area contributed by atoms with E-state index in [2.05, 4.69) is 56.1 Å². The quantitative estimate of drug-likeness (QED) is 0.745. The Hall–Kier alpha value is -1.06. The topological polar surface area (TPSA) is 24.5 Å². The van der Waals surface area contributed by atoms with Crippen molar-refractivity contribution < 1.29 is 4.74 Å². The van der Waals surface area contributed by atoms with E-state index in [1.54, 1.807) is 0 Å². The Balaban J connectivity index is 3.03. The predicted molar refractivity (Wildman–Crippen MR) is 90.9 cm³/mol. The van der Waals surface area contributed by atoms with Crippen molar-refractivity contribution in [3.63, 3.8) is 0 Å². The van der Waals surface area contributed by atoms with Crippen LogP contribution < -0.4 is 10.1 Å². The standard InChI is InChI=1S/C18H32N2O/c1-7-11-20(14(3)4)13-17-12-16(15(5)19-6)9-10-18(17)21-8-2/h9-10,12,14-15,19H,7-8,11,13H2,1-6H3. The molecule has 0 saturated heterocycles. The van der Waals surface area contributed by atoms with Gasteiger partial charge in [0.2, 0.25) is 0 Å². The molecule has 0 fully saturated rings. The van der Waals surface area contributed by atoms with Gasteiger partial charge in [0, 0.05) is 24.2 Å². The fourth-order valence-corrected chi connectivity index (χ4v) is 2.48. The summed E-state index contributed by atoms with van der Waals surface area (Å²) in [5.41, 5.74) is 2.61. The van der Waals surface area contributed by atoms with Gasteiger partial charge in [-0.15, -0.1) is 0 Å². The van der Waals surface area contributed by atoms with Crippen LogP contribution in [0.4, 0.5) is 0 Å². The molecule has 3 heteroatoms. The van der Waals surface area contributed by atoms with Crippen molar-refractivity contribution in [2.75, 3.05) is 20.2 Å². The van der Waals surface area contributed by atoms with Crippen molar-refractivity contribution in [2.45, 2.75) is 59.7 Å². The molecule has 0 bridgehead atoms. The van der Waals surface area contributed by atoms with Crippen molar-refractivity contribution >= 4 is 0 Å². The Bertz CT molecular complexity index is 418. The van der Waals surface area contributed by atoms with Gasteiger partial charge in [0.1, 0.15) is 5.75 Å². The van der Waals surface area contributed by atoms with Crippen molar-refractivity contribution in [1.82, 2.24) is 10.2 Å². The maximum atomic E-state index is 5.82. The molecule has 0 aliphatic carbocycles. The molecular formula is C18H32N2O. The molecule has 3 nitrogen and oxygen atoms in total. The third kappa shape index (κ3) is 5.33. The van der Waals surface area contributed by atoms with Crippen LogP contribution in [-0.4, -0.2) is 31.1 Å². The number of nitrogens with one attached hydrogen (secondary N) is 1. The number of hydrogen-bond acceptors (Lipinski definition) is 3. The van der Waals surface area contributed by atoms with Gasteiger partial charge in [-0.25, -0.2) is 0 Å². The molecule has 1 aromatic rings. The molecule has 0 spiro atoms. The van der Waals surface area contributed by atoms with Crippen LogP contribution in [0, 0.1) is 0 Å². The molecule has 120 valence electrons. The van der Waals surface area contributed by atoms with Crippen LogP contribution in [-0.2, 0) is 6.54 Å². The van der Waals surface area contributed by atoms with Crippen molar-refractivity contribution in [2.24, 2.45) is 0 Å². The van der Waals surface area contributed by atoms with Gasteiger partial charge in [0.25, 0.3) is 0 Å². The van der Waals surface area contributed by atoms with Gasteiger partial charge in [-0.2, -0.15) is 0 Å². The highest BCUT2D eigenvalue weighted by molar-refractivity contribution is 5.38. The molecule has 1 unspecified atom stereocenters. The van der Waals surface area contributed by atoms with E-state index in [0.717, 1.165) is 18.8 Å². The summed E-state index contributed by atoms with van der Waals surface area (Å²) in [4.78, 5) is 2.51. The van der Waals surface area contributed by atoms with Crippen LogP contribution in [0.25, 0.3) is 0 Å². The van der Waals surface area contributed by atoms with Crippen molar-refractivity contribution in [1.29, 1.82) is 0 Å². The van der Waals surface area contributed by atoms with E-state index >= 15 is 0 Å². The minimum Gasteiger partial charge on any atom is -0.494 e. The maximum absolute atomic E-state index is 5.82. The van der Waals surface area contributed by atoms with Gasteiger partial charge in [0.15, 0.2) is 0 Å². The van der Waals surface area contributed by atoms with Gasteiger partial charge >= 0.3 is 0 Å². The first-order valence-corrected chi connectivity index (χ1v) is 8.20. The number of hydrogen-bond donors (Lipinski definition) is 1. The molecule has 0 aromatic heterocycles. The first kappa shape index (κ1) is 18.0. The Kier molecular flexibility index (Phi) is 7.76. The SMILES string of the molecule is CCCN(Cc1cc(C(C)NC)ccc1OCC)C(C)C. The molecular weight excluding hydrogens is 260 g/mol. The third-order valence-corrected chi connectivity index (χ3v) is 3.93. The summed E-state index contributed by atoms with van der Waals surface area (Å²) in [5.74, 6) is 1.02. The fourth-order valence-electron chi connectivity index (χ4n) is 2.48. The molecule has 0 radical (unpaired) electrons. The summed E-state index contributed by atoms with van der Waals surface area (Å²) in [7, 11) is 2.00. The molecule has 21 heavy (non-hydrogen) atoms. The average Bonchev–Trinajstić information content (AvgIpc) is 2.47. The number of nitrogens with zero attached hydrogens (tertiary/aromatic N) is 1. The van der Waals surface area contributed by atoms with E-state index in [9.17, 15) is 0 Å². The highest BCUT2D eigenvalue weighted by Crippen LogP contribution is 2.25. The zero-order chi connectivity index (χ0) is 15.8. The average molecular weight is 292 g/mol. The maximum Gasteiger partial charge on any atom is 0.123 e. The second-order valence-corrected chi connectivity index (χ2v) is 5.87. The van der Waals surface area contributed by atoms with E-state index < -0.39 is 0 Å². The summed E-state index contributed by atoms with van der Waals surface area (Å²) >= 11 is 0. The Morgan fingerprint density at radius 2 is 1.90 bits per heavy atom. The minimum absolute atomic E-state index is 0.359.